The van der Waals surface area contributed by atoms with Crippen LogP contribution in [-0.4, -0.2) is 11.2 Å². The Kier molecular flexibility index (Phi) is 5.22. The molecule has 0 spiro atoms. The SMILES string of the molecule is Cc1cc(NC(=S)NC2CCCCC2)cc(C)c1Br. The van der Waals surface area contributed by atoms with Gasteiger partial charge in [0.1, 0.15) is 0 Å². The Hall–Kier alpha value is -0.610. The molecule has 1 aliphatic carbocycles. The summed E-state index contributed by atoms with van der Waals surface area (Å²) in [5.74, 6) is 0. The second-order valence-corrected chi connectivity index (χ2v) is 6.56. The van der Waals surface area contributed by atoms with Crippen molar-refractivity contribution >= 4 is 38.9 Å². The van der Waals surface area contributed by atoms with Crippen molar-refractivity contribution in [1.29, 1.82) is 0 Å². The Morgan fingerprint density at radius 2 is 1.74 bits per heavy atom. The molecule has 0 amide bonds. The number of thiocarbonyl (C=S) groups is 1. The van der Waals surface area contributed by atoms with Gasteiger partial charge in [-0.25, -0.2) is 0 Å². The van der Waals surface area contributed by atoms with Gasteiger partial charge in [0.2, 0.25) is 0 Å². The zero-order valence-electron chi connectivity index (χ0n) is 11.6. The minimum atomic E-state index is 0.548. The lowest BCUT2D eigenvalue weighted by molar-refractivity contribution is 0.415. The highest BCUT2D eigenvalue weighted by atomic mass is 79.9. The van der Waals surface area contributed by atoms with E-state index in [9.17, 15) is 0 Å². The van der Waals surface area contributed by atoms with Crippen molar-refractivity contribution in [3.8, 4) is 0 Å². The van der Waals surface area contributed by atoms with E-state index in [1.807, 2.05) is 0 Å². The van der Waals surface area contributed by atoms with Gasteiger partial charge >= 0.3 is 0 Å². The predicted molar refractivity (Wildman–Crippen MR) is 89.8 cm³/mol. The van der Waals surface area contributed by atoms with Crippen LogP contribution in [0.1, 0.15) is 43.2 Å². The van der Waals surface area contributed by atoms with Crippen LogP contribution in [0.5, 0.6) is 0 Å². The van der Waals surface area contributed by atoms with E-state index >= 15 is 0 Å². The molecule has 104 valence electrons. The summed E-state index contributed by atoms with van der Waals surface area (Å²) in [6.07, 6.45) is 6.47. The van der Waals surface area contributed by atoms with Gasteiger partial charge in [0, 0.05) is 16.2 Å². The third-order valence-electron chi connectivity index (χ3n) is 3.63. The average molecular weight is 341 g/mol. The molecule has 0 bridgehead atoms. The molecule has 2 nitrogen and oxygen atoms in total. The largest absolute Gasteiger partial charge is 0.360 e. The van der Waals surface area contributed by atoms with Gasteiger partial charge in [0.25, 0.3) is 0 Å². The molecule has 1 aliphatic rings. The minimum Gasteiger partial charge on any atom is -0.360 e. The lowest BCUT2D eigenvalue weighted by atomic mass is 9.96. The van der Waals surface area contributed by atoms with Gasteiger partial charge in [-0.1, -0.05) is 35.2 Å². The van der Waals surface area contributed by atoms with Gasteiger partial charge in [0.15, 0.2) is 5.11 Å². The summed E-state index contributed by atoms with van der Waals surface area (Å²) in [5.41, 5.74) is 3.51. The number of hydrogen-bond acceptors (Lipinski definition) is 1. The molecule has 0 unspecified atom stereocenters. The van der Waals surface area contributed by atoms with Crippen LogP contribution in [-0.2, 0) is 0 Å². The molecule has 0 atom stereocenters. The third-order valence-corrected chi connectivity index (χ3v) is 5.11. The fourth-order valence-electron chi connectivity index (χ4n) is 2.62. The molecule has 19 heavy (non-hydrogen) atoms. The third kappa shape index (κ3) is 4.18. The second kappa shape index (κ2) is 6.71. The summed E-state index contributed by atoms with van der Waals surface area (Å²) in [6.45, 7) is 4.19. The van der Waals surface area contributed by atoms with E-state index in [0.717, 1.165) is 10.8 Å². The first-order valence-corrected chi connectivity index (χ1v) is 8.10. The highest BCUT2D eigenvalue weighted by Gasteiger charge is 2.14. The molecule has 0 aliphatic heterocycles. The maximum atomic E-state index is 5.40. The van der Waals surface area contributed by atoms with Crippen molar-refractivity contribution in [2.45, 2.75) is 52.0 Å². The van der Waals surface area contributed by atoms with Gasteiger partial charge in [-0.05, 0) is 62.2 Å². The van der Waals surface area contributed by atoms with Crippen LogP contribution in [0.4, 0.5) is 5.69 Å². The van der Waals surface area contributed by atoms with E-state index < -0.39 is 0 Å². The van der Waals surface area contributed by atoms with Crippen LogP contribution >= 0.6 is 28.1 Å². The molecule has 1 saturated carbocycles. The molecular weight excluding hydrogens is 320 g/mol. The highest BCUT2D eigenvalue weighted by molar-refractivity contribution is 9.10. The molecule has 0 heterocycles. The second-order valence-electron chi connectivity index (χ2n) is 5.36. The van der Waals surface area contributed by atoms with Crippen LogP contribution in [0.25, 0.3) is 0 Å². The summed E-state index contributed by atoms with van der Waals surface area (Å²) in [7, 11) is 0. The van der Waals surface area contributed by atoms with Crippen LogP contribution in [0.3, 0.4) is 0 Å². The summed E-state index contributed by atoms with van der Waals surface area (Å²) in [4.78, 5) is 0. The van der Waals surface area contributed by atoms with Gasteiger partial charge in [0.05, 0.1) is 0 Å². The smallest absolute Gasteiger partial charge is 0.170 e. The Balaban J connectivity index is 1.94. The number of aryl methyl sites for hydroxylation is 2. The van der Waals surface area contributed by atoms with Crippen molar-refractivity contribution in [1.82, 2.24) is 5.32 Å². The van der Waals surface area contributed by atoms with E-state index in [4.69, 9.17) is 12.2 Å². The van der Waals surface area contributed by atoms with Crippen molar-refractivity contribution in [3.63, 3.8) is 0 Å². The molecule has 2 rings (SSSR count). The predicted octanol–water partition coefficient (Wildman–Crippen LogP) is 4.69. The van der Waals surface area contributed by atoms with E-state index in [1.165, 1.54) is 47.7 Å². The first kappa shape index (κ1) is 14.8. The van der Waals surface area contributed by atoms with E-state index in [2.05, 4.69) is 52.5 Å². The molecule has 0 radical (unpaired) electrons. The average Bonchev–Trinajstić information content (AvgIpc) is 2.37. The molecule has 4 heteroatoms. The number of benzene rings is 1. The van der Waals surface area contributed by atoms with Crippen LogP contribution in [0.15, 0.2) is 16.6 Å². The van der Waals surface area contributed by atoms with Crippen molar-refractivity contribution in [3.05, 3.63) is 27.7 Å². The summed E-state index contributed by atoms with van der Waals surface area (Å²) in [6, 6.07) is 4.78. The maximum absolute atomic E-state index is 5.40. The number of anilines is 1. The summed E-state index contributed by atoms with van der Waals surface area (Å²) < 4.78 is 1.17. The van der Waals surface area contributed by atoms with Crippen molar-refractivity contribution in [2.24, 2.45) is 0 Å². The standard InChI is InChI=1S/C15H21BrN2S/c1-10-8-13(9-11(2)14(10)16)18-15(19)17-12-6-4-3-5-7-12/h8-9,12H,3-7H2,1-2H3,(H2,17,18,19). The first-order chi connectivity index (χ1) is 9.06. The Bertz CT molecular complexity index is 444. The number of rotatable bonds is 2. The molecule has 2 N–H and O–H groups in total. The summed E-state index contributed by atoms with van der Waals surface area (Å²) in [5, 5.41) is 7.47. The number of hydrogen-bond donors (Lipinski definition) is 2. The fraction of sp³-hybridized carbons (Fsp3) is 0.533. The number of halogens is 1. The van der Waals surface area contributed by atoms with Gasteiger partial charge < -0.3 is 10.6 Å². The van der Waals surface area contributed by atoms with Crippen LogP contribution < -0.4 is 10.6 Å². The molecule has 1 aromatic rings. The van der Waals surface area contributed by atoms with Gasteiger partial charge in [-0.2, -0.15) is 0 Å². The molecule has 1 fully saturated rings. The zero-order valence-corrected chi connectivity index (χ0v) is 14.0. The van der Waals surface area contributed by atoms with Crippen molar-refractivity contribution in [2.75, 3.05) is 5.32 Å². The quantitative estimate of drug-likeness (QED) is 0.764. The molecule has 0 saturated heterocycles. The number of nitrogens with one attached hydrogen (secondary N) is 2. The normalized spacial score (nSPS) is 16.2. The fourth-order valence-corrected chi connectivity index (χ4v) is 3.13. The first-order valence-electron chi connectivity index (χ1n) is 6.90. The zero-order chi connectivity index (χ0) is 13.8. The Morgan fingerprint density at radius 1 is 1.16 bits per heavy atom. The van der Waals surface area contributed by atoms with E-state index in [0.29, 0.717) is 6.04 Å². The Labute approximate surface area is 129 Å². The lowest BCUT2D eigenvalue weighted by Gasteiger charge is -2.24. The maximum Gasteiger partial charge on any atom is 0.170 e. The lowest BCUT2D eigenvalue weighted by Crippen LogP contribution is -2.38. The molecule has 1 aromatic carbocycles. The monoisotopic (exact) mass is 340 g/mol. The van der Waals surface area contributed by atoms with E-state index in [-0.39, 0.29) is 0 Å². The van der Waals surface area contributed by atoms with Gasteiger partial charge in [-0.15, -0.1) is 0 Å². The minimum absolute atomic E-state index is 0.548. The van der Waals surface area contributed by atoms with Crippen molar-refractivity contribution < 1.29 is 0 Å². The van der Waals surface area contributed by atoms with Crippen LogP contribution in [0, 0.1) is 13.8 Å². The van der Waals surface area contributed by atoms with Crippen LogP contribution in [0.2, 0.25) is 0 Å². The van der Waals surface area contributed by atoms with Gasteiger partial charge in [-0.3, -0.25) is 0 Å². The Morgan fingerprint density at radius 3 is 2.32 bits per heavy atom. The topological polar surface area (TPSA) is 24.1 Å². The molecular formula is C15H21BrN2S. The summed E-state index contributed by atoms with van der Waals surface area (Å²) >= 11 is 8.99. The highest BCUT2D eigenvalue weighted by Crippen LogP contribution is 2.25. The van der Waals surface area contributed by atoms with E-state index in [1.54, 1.807) is 0 Å². The molecule has 0 aromatic heterocycles.